The maximum Gasteiger partial charge on any atom is 0.244 e. The van der Waals surface area contributed by atoms with E-state index in [0.29, 0.717) is 32.5 Å². The van der Waals surface area contributed by atoms with Crippen LogP contribution in [-0.2, 0) is 16.1 Å². The molecule has 7 heteroatoms. The number of piperidine rings is 2. The lowest BCUT2D eigenvalue weighted by atomic mass is 9.73. The first kappa shape index (κ1) is 18.9. The van der Waals surface area contributed by atoms with Gasteiger partial charge in [-0.15, -0.1) is 0 Å². The lowest BCUT2D eigenvalue weighted by Crippen LogP contribution is -2.55. The Balaban J connectivity index is 1.44. The molecule has 1 atom stereocenters. The summed E-state index contributed by atoms with van der Waals surface area (Å²) in [6.45, 7) is 3.11. The Bertz CT molecular complexity index is 864. The number of aliphatic hydroxyl groups excluding tert-OH is 1. The first-order valence-corrected chi connectivity index (χ1v) is 10.2. The molecule has 0 aliphatic carbocycles. The van der Waals surface area contributed by atoms with Crippen molar-refractivity contribution in [3.05, 3.63) is 30.5 Å². The van der Waals surface area contributed by atoms with Gasteiger partial charge in [-0.05, 0) is 31.7 Å². The Morgan fingerprint density at radius 2 is 2.07 bits per heavy atom. The van der Waals surface area contributed by atoms with Crippen molar-refractivity contribution in [1.82, 2.24) is 19.6 Å². The van der Waals surface area contributed by atoms with Gasteiger partial charge in [0.25, 0.3) is 0 Å². The summed E-state index contributed by atoms with van der Waals surface area (Å²) in [5, 5.41) is 14.5. The van der Waals surface area contributed by atoms with Crippen LogP contribution in [0.1, 0.15) is 32.1 Å². The highest BCUT2D eigenvalue weighted by atomic mass is 16.3. The molecule has 2 aliphatic heterocycles. The van der Waals surface area contributed by atoms with E-state index in [1.165, 1.54) is 0 Å². The smallest absolute Gasteiger partial charge is 0.244 e. The lowest BCUT2D eigenvalue weighted by molar-refractivity contribution is -0.143. The minimum absolute atomic E-state index is 0.0105. The average molecular weight is 384 g/mol. The molecule has 1 N–H and O–H groups in total. The number of carbonyl (C=O) groups excluding carboxylic acids is 2. The second kappa shape index (κ2) is 7.91. The van der Waals surface area contributed by atoms with Crippen LogP contribution < -0.4 is 0 Å². The Labute approximate surface area is 164 Å². The number of fused-ring (bicyclic) bond motifs is 1. The SMILES string of the molecule is O=C1CC[C@]2(CCCN(C(=O)Cn3ncc4ccccc43)C2)CN1CCCO. The third-order valence-electron chi connectivity index (χ3n) is 6.18. The maximum absolute atomic E-state index is 13.0. The molecule has 2 saturated heterocycles. The quantitative estimate of drug-likeness (QED) is 0.850. The zero-order chi connectivity index (χ0) is 19.6. The van der Waals surface area contributed by atoms with Crippen LogP contribution in [0.3, 0.4) is 0 Å². The van der Waals surface area contributed by atoms with Crippen molar-refractivity contribution in [1.29, 1.82) is 0 Å². The van der Waals surface area contributed by atoms with Crippen LogP contribution >= 0.6 is 0 Å². The van der Waals surface area contributed by atoms with Gasteiger partial charge in [0, 0.05) is 50.0 Å². The molecule has 2 fully saturated rings. The summed E-state index contributed by atoms with van der Waals surface area (Å²) in [7, 11) is 0. The summed E-state index contributed by atoms with van der Waals surface area (Å²) in [5.74, 6) is 0.261. The van der Waals surface area contributed by atoms with Crippen molar-refractivity contribution in [2.75, 3.05) is 32.8 Å². The highest BCUT2D eigenvalue weighted by molar-refractivity contribution is 5.82. The Hall–Kier alpha value is -2.41. The monoisotopic (exact) mass is 384 g/mol. The fourth-order valence-electron chi connectivity index (χ4n) is 4.70. The Morgan fingerprint density at radius 3 is 2.93 bits per heavy atom. The molecule has 28 heavy (non-hydrogen) atoms. The summed E-state index contributed by atoms with van der Waals surface area (Å²) in [6, 6.07) is 7.91. The van der Waals surface area contributed by atoms with Crippen LogP contribution in [-0.4, -0.2) is 69.3 Å². The zero-order valence-corrected chi connectivity index (χ0v) is 16.2. The molecule has 7 nitrogen and oxygen atoms in total. The number of para-hydroxylation sites is 1. The number of rotatable bonds is 5. The van der Waals surface area contributed by atoms with Crippen LogP contribution in [0.5, 0.6) is 0 Å². The number of carbonyl (C=O) groups is 2. The van der Waals surface area contributed by atoms with Crippen molar-refractivity contribution in [2.45, 2.75) is 38.6 Å². The normalized spacial score (nSPS) is 23.0. The molecule has 3 heterocycles. The molecule has 0 unspecified atom stereocenters. The summed E-state index contributed by atoms with van der Waals surface area (Å²) < 4.78 is 1.77. The maximum atomic E-state index is 13.0. The predicted octanol–water partition coefficient (Wildman–Crippen LogP) is 1.65. The standard InChI is InChI=1S/C21H28N4O3/c26-12-4-11-23-15-21(9-7-19(23)27)8-3-10-24(16-21)20(28)14-25-18-6-2-1-5-17(18)13-22-25/h1-2,5-6,13,26H,3-4,7-12,14-16H2/t21-/m1/s1. The van der Waals surface area contributed by atoms with E-state index >= 15 is 0 Å². The number of hydrogen-bond acceptors (Lipinski definition) is 4. The molecule has 150 valence electrons. The fourth-order valence-corrected chi connectivity index (χ4v) is 4.70. The minimum atomic E-state index is -0.0105. The van der Waals surface area contributed by atoms with E-state index in [1.807, 2.05) is 34.1 Å². The van der Waals surface area contributed by atoms with Crippen LogP contribution in [0, 0.1) is 5.41 Å². The molecule has 1 aromatic heterocycles. The van der Waals surface area contributed by atoms with Crippen LogP contribution in [0.2, 0.25) is 0 Å². The van der Waals surface area contributed by atoms with E-state index in [9.17, 15) is 9.59 Å². The number of aliphatic hydroxyl groups is 1. The number of nitrogens with zero attached hydrogens (tertiary/aromatic N) is 4. The lowest BCUT2D eigenvalue weighted by Gasteiger charge is -2.48. The number of hydrogen-bond donors (Lipinski definition) is 1. The van der Waals surface area contributed by atoms with Gasteiger partial charge in [0.15, 0.2) is 0 Å². The Kier molecular flexibility index (Phi) is 5.35. The third-order valence-corrected chi connectivity index (χ3v) is 6.18. The molecular weight excluding hydrogens is 356 g/mol. The number of likely N-dealkylation sites (tertiary alicyclic amines) is 2. The topological polar surface area (TPSA) is 78.7 Å². The first-order valence-electron chi connectivity index (χ1n) is 10.2. The van der Waals surface area contributed by atoms with Gasteiger partial charge in [-0.2, -0.15) is 5.10 Å². The number of amides is 2. The van der Waals surface area contributed by atoms with E-state index in [0.717, 1.165) is 36.7 Å². The van der Waals surface area contributed by atoms with Crippen molar-refractivity contribution in [2.24, 2.45) is 5.41 Å². The second-order valence-corrected chi connectivity index (χ2v) is 8.17. The highest BCUT2D eigenvalue weighted by Gasteiger charge is 2.42. The van der Waals surface area contributed by atoms with Gasteiger partial charge in [0.1, 0.15) is 6.54 Å². The van der Waals surface area contributed by atoms with Gasteiger partial charge in [0.05, 0.1) is 11.7 Å². The van der Waals surface area contributed by atoms with E-state index in [4.69, 9.17) is 5.11 Å². The van der Waals surface area contributed by atoms with Gasteiger partial charge in [-0.1, -0.05) is 18.2 Å². The predicted molar refractivity (Wildman–Crippen MR) is 105 cm³/mol. The molecule has 0 bridgehead atoms. The van der Waals surface area contributed by atoms with Gasteiger partial charge in [-0.3, -0.25) is 14.3 Å². The van der Waals surface area contributed by atoms with Crippen molar-refractivity contribution >= 4 is 22.7 Å². The number of aromatic nitrogens is 2. The average Bonchev–Trinajstić information content (AvgIpc) is 3.12. The molecule has 0 saturated carbocycles. The summed E-state index contributed by atoms with van der Waals surface area (Å²) in [6.07, 6.45) is 5.80. The van der Waals surface area contributed by atoms with E-state index in [1.54, 1.807) is 10.9 Å². The number of benzene rings is 1. The van der Waals surface area contributed by atoms with E-state index in [2.05, 4.69) is 5.10 Å². The molecule has 4 rings (SSSR count). The van der Waals surface area contributed by atoms with Gasteiger partial charge in [0.2, 0.25) is 11.8 Å². The molecule has 1 aromatic carbocycles. The van der Waals surface area contributed by atoms with E-state index in [-0.39, 0.29) is 30.4 Å². The molecular formula is C21H28N4O3. The van der Waals surface area contributed by atoms with Gasteiger partial charge < -0.3 is 14.9 Å². The first-order chi connectivity index (χ1) is 13.6. The Morgan fingerprint density at radius 1 is 1.21 bits per heavy atom. The van der Waals surface area contributed by atoms with Crippen molar-refractivity contribution < 1.29 is 14.7 Å². The molecule has 1 spiro atoms. The highest BCUT2D eigenvalue weighted by Crippen LogP contribution is 2.39. The molecule has 0 radical (unpaired) electrons. The largest absolute Gasteiger partial charge is 0.396 e. The summed E-state index contributed by atoms with van der Waals surface area (Å²) >= 11 is 0. The molecule has 2 amide bonds. The summed E-state index contributed by atoms with van der Waals surface area (Å²) in [5.41, 5.74) is 0.963. The zero-order valence-electron chi connectivity index (χ0n) is 16.2. The molecule has 2 aliphatic rings. The van der Waals surface area contributed by atoms with Gasteiger partial charge in [-0.25, -0.2) is 0 Å². The van der Waals surface area contributed by atoms with Crippen LogP contribution in [0.15, 0.2) is 30.5 Å². The summed E-state index contributed by atoms with van der Waals surface area (Å²) in [4.78, 5) is 29.1. The molecule has 2 aromatic rings. The minimum Gasteiger partial charge on any atom is -0.396 e. The van der Waals surface area contributed by atoms with Crippen molar-refractivity contribution in [3.63, 3.8) is 0 Å². The van der Waals surface area contributed by atoms with Crippen molar-refractivity contribution in [3.8, 4) is 0 Å². The fraction of sp³-hybridized carbons (Fsp3) is 0.571. The van der Waals surface area contributed by atoms with Gasteiger partial charge >= 0.3 is 0 Å². The third kappa shape index (κ3) is 3.76. The van der Waals surface area contributed by atoms with Crippen LogP contribution in [0.25, 0.3) is 10.9 Å². The van der Waals surface area contributed by atoms with Crippen LogP contribution in [0.4, 0.5) is 0 Å². The van der Waals surface area contributed by atoms with E-state index < -0.39 is 0 Å². The second-order valence-electron chi connectivity index (χ2n) is 8.17.